The Bertz CT molecular complexity index is 911. The second kappa shape index (κ2) is 6.78. The van der Waals surface area contributed by atoms with E-state index >= 15 is 0 Å². The molecule has 8 nitrogen and oxygen atoms in total. The van der Waals surface area contributed by atoms with E-state index in [0.29, 0.717) is 19.6 Å². The predicted octanol–water partition coefficient (Wildman–Crippen LogP) is 1.46. The Morgan fingerprint density at radius 2 is 1.70 bits per heavy atom. The van der Waals surface area contributed by atoms with Gasteiger partial charge in [-0.15, -0.1) is 0 Å². The summed E-state index contributed by atoms with van der Waals surface area (Å²) in [5.41, 5.74) is 1.98. The van der Waals surface area contributed by atoms with E-state index in [1.54, 1.807) is 4.90 Å². The molecule has 5 rings (SSSR count). The smallest absolute Gasteiger partial charge is 0.249 e. The lowest BCUT2D eigenvalue weighted by molar-refractivity contribution is -0.169. The van der Waals surface area contributed by atoms with Gasteiger partial charge in [0.1, 0.15) is 6.04 Å². The molecule has 0 aromatic heterocycles. The second-order valence-corrected chi connectivity index (χ2v) is 9.03. The zero-order valence-electron chi connectivity index (χ0n) is 17.4. The average Bonchev–Trinajstić information content (AvgIpc) is 3.25. The largest absolute Gasteiger partial charge is 0.371 e. The molecular formula is C22H27N3O5. The van der Waals surface area contributed by atoms with Crippen LogP contribution >= 0.6 is 0 Å². The highest BCUT2D eigenvalue weighted by atomic mass is 16.7. The molecule has 3 fully saturated rings. The van der Waals surface area contributed by atoms with E-state index in [9.17, 15) is 14.4 Å². The summed E-state index contributed by atoms with van der Waals surface area (Å²) in [6.45, 7) is 6.67. The van der Waals surface area contributed by atoms with Crippen LogP contribution in [0.2, 0.25) is 0 Å². The number of rotatable bonds is 2. The standard InChI is InChI=1S/C22H27N3O5/c1-21(2)18-14(24-10-8-22(9-11-24)29-12-13-30-22)4-3-5-15(18)25(20(21)28)16-6-7-17(26)23-19(16)27/h3-5,16H,6-13H2,1-2H3,(H,23,26,27). The number of hydrogen-bond acceptors (Lipinski definition) is 6. The third kappa shape index (κ3) is 2.85. The minimum absolute atomic E-state index is 0.101. The molecule has 1 aromatic carbocycles. The van der Waals surface area contributed by atoms with Crippen molar-refractivity contribution in [2.75, 3.05) is 36.1 Å². The summed E-state index contributed by atoms with van der Waals surface area (Å²) < 4.78 is 11.7. The Kier molecular flexibility index (Phi) is 4.41. The molecule has 0 saturated carbocycles. The van der Waals surface area contributed by atoms with Gasteiger partial charge in [0.05, 0.1) is 24.3 Å². The maximum Gasteiger partial charge on any atom is 0.249 e. The molecule has 4 heterocycles. The molecule has 3 amide bonds. The summed E-state index contributed by atoms with van der Waals surface area (Å²) in [5.74, 6) is -1.24. The SMILES string of the molecule is CC1(C)C(=O)N(C2CCC(=O)NC2=O)c2cccc(N3CCC4(CC3)OCCO4)c21. The Balaban J connectivity index is 1.49. The van der Waals surface area contributed by atoms with Crippen molar-refractivity contribution in [1.82, 2.24) is 5.32 Å². The van der Waals surface area contributed by atoms with Crippen molar-refractivity contribution in [2.24, 2.45) is 0 Å². The lowest BCUT2D eigenvalue weighted by Crippen LogP contribution is -2.55. The van der Waals surface area contributed by atoms with E-state index in [-0.39, 0.29) is 18.2 Å². The Labute approximate surface area is 175 Å². The molecule has 30 heavy (non-hydrogen) atoms. The van der Waals surface area contributed by atoms with Gasteiger partial charge in [-0.1, -0.05) is 6.07 Å². The lowest BCUT2D eigenvalue weighted by Gasteiger charge is -2.40. The fourth-order valence-corrected chi connectivity index (χ4v) is 5.26. The number of nitrogens with zero attached hydrogens (tertiary/aromatic N) is 2. The molecule has 1 unspecified atom stereocenters. The molecule has 1 atom stereocenters. The molecule has 4 aliphatic heterocycles. The van der Waals surface area contributed by atoms with Crippen LogP contribution in [0.25, 0.3) is 0 Å². The van der Waals surface area contributed by atoms with Gasteiger partial charge in [0.15, 0.2) is 5.79 Å². The minimum Gasteiger partial charge on any atom is -0.371 e. The molecule has 160 valence electrons. The van der Waals surface area contributed by atoms with Crippen LogP contribution in [-0.2, 0) is 29.3 Å². The third-order valence-electron chi connectivity index (χ3n) is 6.86. The zero-order valence-corrected chi connectivity index (χ0v) is 17.4. The highest BCUT2D eigenvalue weighted by Crippen LogP contribution is 2.49. The zero-order chi connectivity index (χ0) is 21.1. The van der Waals surface area contributed by atoms with Crippen LogP contribution in [0.3, 0.4) is 0 Å². The Morgan fingerprint density at radius 1 is 1.03 bits per heavy atom. The molecule has 1 N–H and O–H groups in total. The first-order valence-electron chi connectivity index (χ1n) is 10.7. The van der Waals surface area contributed by atoms with Crippen molar-refractivity contribution in [3.8, 4) is 0 Å². The van der Waals surface area contributed by atoms with Crippen molar-refractivity contribution in [1.29, 1.82) is 0 Å². The average molecular weight is 413 g/mol. The van der Waals surface area contributed by atoms with E-state index in [4.69, 9.17) is 9.47 Å². The molecule has 4 aliphatic rings. The number of benzene rings is 1. The molecule has 1 aromatic rings. The van der Waals surface area contributed by atoms with Gasteiger partial charge in [-0.3, -0.25) is 24.6 Å². The molecule has 0 aliphatic carbocycles. The number of carbonyl (C=O) groups is 3. The first-order chi connectivity index (χ1) is 14.3. The number of amides is 3. The van der Waals surface area contributed by atoms with Crippen molar-refractivity contribution < 1.29 is 23.9 Å². The number of carbonyl (C=O) groups excluding carboxylic acids is 3. The molecular weight excluding hydrogens is 386 g/mol. The van der Waals surface area contributed by atoms with E-state index < -0.39 is 23.2 Å². The van der Waals surface area contributed by atoms with Crippen LogP contribution < -0.4 is 15.1 Å². The summed E-state index contributed by atoms with van der Waals surface area (Å²) in [4.78, 5) is 41.5. The highest BCUT2D eigenvalue weighted by Gasteiger charge is 2.51. The summed E-state index contributed by atoms with van der Waals surface area (Å²) in [6.07, 6.45) is 2.14. The molecule has 3 saturated heterocycles. The maximum absolute atomic E-state index is 13.5. The van der Waals surface area contributed by atoms with Gasteiger partial charge in [0.2, 0.25) is 17.7 Å². The van der Waals surface area contributed by atoms with Gasteiger partial charge in [-0.05, 0) is 32.4 Å². The van der Waals surface area contributed by atoms with Gasteiger partial charge >= 0.3 is 0 Å². The maximum atomic E-state index is 13.5. The fraction of sp³-hybridized carbons (Fsp3) is 0.591. The van der Waals surface area contributed by atoms with Crippen LogP contribution in [0, 0.1) is 0 Å². The number of hydrogen-bond donors (Lipinski definition) is 1. The van der Waals surface area contributed by atoms with Gasteiger partial charge in [0.25, 0.3) is 0 Å². The normalized spacial score (nSPS) is 27.5. The van der Waals surface area contributed by atoms with Crippen LogP contribution in [0.1, 0.15) is 45.1 Å². The predicted molar refractivity (Wildman–Crippen MR) is 109 cm³/mol. The molecule has 8 heteroatoms. The van der Waals surface area contributed by atoms with Crippen LogP contribution in [0.4, 0.5) is 11.4 Å². The Morgan fingerprint density at radius 3 is 2.37 bits per heavy atom. The van der Waals surface area contributed by atoms with Gasteiger partial charge in [-0.25, -0.2) is 0 Å². The van der Waals surface area contributed by atoms with Crippen LogP contribution in [0.15, 0.2) is 18.2 Å². The quantitative estimate of drug-likeness (QED) is 0.739. The first-order valence-corrected chi connectivity index (χ1v) is 10.7. The van der Waals surface area contributed by atoms with Crippen LogP contribution in [0.5, 0.6) is 0 Å². The molecule has 0 bridgehead atoms. The first kappa shape index (κ1) is 19.5. The van der Waals surface area contributed by atoms with Crippen molar-refractivity contribution in [3.63, 3.8) is 0 Å². The highest BCUT2D eigenvalue weighted by molar-refractivity contribution is 6.14. The number of nitrogens with one attached hydrogen (secondary N) is 1. The van der Waals surface area contributed by atoms with Gasteiger partial charge in [-0.2, -0.15) is 0 Å². The minimum atomic E-state index is -0.761. The van der Waals surface area contributed by atoms with Crippen molar-refractivity contribution in [2.45, 2.75) is 56.8 Å². The number of ether oxygens (including phenoxy) is 2. The van der Waals surface area contributed by atoms with E-state index in [1.165, 1.54) is 0 Å². The fourth-order valence-electron chi connectivity index (χ4n) is 5.26. The summed E-state index contributed by atoms with van der Waals surface area (Å²) in [6, 6.07) is 5.24. The number of anilines is 2. The summed E-state index contributed by atoms with van der Waals surface area (Å²) >= 11 is 0. The molecule has 1 spiro atoms. The Hall–Kier alpha value is -2.45. The topological polar surface area (TPSA) is 88.2 Å². The van der Waals surface area contributed by atoms with Gasteiger partial charge < -0.3 is 14.4 Å². The van der Waals surface area contributed by atoms with E-state index in [0.717, 1.165) is 42.9 Å². The molecule has 0 radical (unpaired) electrons. The van der Waals surface area contributed by atoms with Crippen molar-refractivity contribution >= 4 is 29.1 Å². The summed E-state index contributed by atoms with van der Waals surface area (Å²) in [7, 11) is 0. The van der Waals surface area contributed by atoms with Gasteiger partial charge in [0, 0.05) is 43.6 Å². The van der Waals surface area contributed by atoms with E-state index in [1.807, 2.05) is 26.0 Å². The van der Waals surface area contributed by atoms with E-state index in [2.05, 4.69) is 16.3 Å². The summed E-state index contributed by atoms with van der Waals surface area (Å²) in [5, 5.41) is 2.38. The second-order valence-electron chi connectivity index (χ2n) is 9.03. The monoisotopic (exact) mass is 413 g/mol. The van der Waals surface area contributed by atoms with Crippen LogP contribution in [-0.4, -0.2) is 55.9 Å². The third-order valence-corrected chi connectivity index (χ3v) is 6.86. The lowest BCUT2D eigenvalue weighted by atomic mass is 9.84. The number of piperidine rings is 2. The number of imide groups is 1. The van der Waals surface area contributed by atoms with Crippen molar-refractivity contribution in [3.05, 3.63) is 23.8 Å². The number of fused-ring (bicyclic) bond motifs is 1.